The summed E-state index contributed by atoms with van der Waals surface area (Å²) in [4.78, 5) is 4.11. The molecule has 5 fully saturated rings. The molecule has 0 radical (unpaired) electrons. The van der Waals surface area contributed by atoms with E-state index in [0.29, 0.717) is 51.6 Å². The molecule has 190 valence electrons. The molecule has 1 aliphatic heterocycles. The number of piperazine rings is 1. The van der Waals surface area contributed by atoms with Crippen LogP contribution in [0.3, 0.4) is 0 Å². The van der Waals surface area contributed by atoms with Gasteiger partial charge >= 0.3 is 6.18 Å². The molecule has 6 rings (SSSR count). The van der Waals surface area contributed by atoms with Gasteiger partial charge in [-0.05, 0) is 74.5 Å². The highest BCUT2D eigenvalue weighted by atomic mass is 19.4. The van der Waals surface area contributed by atoms with Crippen molar-refractivity contribution in [3.05, 3.63) is 29.8 Å². The molecule has 34 heavy (non-hydrogen) atoms. The lowest BCUT2D eigenvalue weighted by Gasteiger charge is -2.56. The van der Waals surface area contributed by atoms with Crippen molar-refractivity contribution in [3.8, 4) is 0 Å². The zero-order valence-electron chi connectivity index (χ0n) is 19.8. The quantitative estimate of drug-likeness (QED) is 0.535. The molecule has 1 heterocycles. The molecule has 0 aromatic heterocycles. The molecule has 5 nitrogen and oxygen atoms in total. The number of hydrogen-bond donors (Lipinski definition) is 1. The van der Waals surface area contributed by atoms with E-state index in [4.69, 9.17) is 9.47 Å². The maximum absolute atomic E-state index is 13.0. The van der Waals surface area contributed by atoms with E-state index in [-0.39, 0.29) is 12.2 Å². The van der Waals surface area contributed by atoms with E-state index in [2.05, 4.69) is 4.90 Å². The summed E-state index contributed by atoms with van der Waals surface area (Å²) < 4.78 is 51.0. The molecular formula is C26H37F3N2O3. The number of rotatable bonds is 9. The molecule has 1 aromatic rings. The summed E-state index contributed by atoms with van der Waals surface area (Å²) in [5.41, 5.74) is 0.0697. The molecule has 1 aromatic carbocycles. The van der Waals surface area contributed by atoms with E-state index in [9.17, 15) is 18.3 Å². The number of alkyl halides is 3. The number of aliphatic hydroxyl groups excluding tert-OH is 1. The number of anilines is 1. The zero-order valence-corrected chi connectivity index (χ0v) is 19.8. The lowest BCUT2D eigenvalue weighted by Crippen LogP contribution is -2.52. The molecule has 0 spiro atoms. The largest absolute Gasteiger partial charge is 0.416 e. The molecule has 4 saturated carbocycles. The van der Waals surface area contributed by atoms with Crippen LogP contribution in [0.1, 0.15) is 44.1 Å². The van der Waals surface area contributed by atoms with Crippen LogP contribution < -0.4 is 4.90 Å². The molecule has 1 atom stereocenters. The van der Waals surface area contributed by atoms with Gasteiger partial charge in [-0.15, -0.1) is 0 Å². The lowest BCUT2D eigenvalue weighted by molar-refractivity contribution is -0.170. The Labute approximate surface area is 200 Å². The number of aliphatic hydroxyl groups is 1. The van der Waals surface area contributed by atoms with Crippen molar-refractivity contribution in [2.24, 2.45) is 17.8 Å². The third-order valence-corrected chi connectivity index (χ3v) is 8.31. The Morgan fingerprint density at radius 1 is 0.971 bits per heavy atom. The molecule has 0 unspecified atom stereocenters. The fraction of sp³-hybridized carbons (Fsp3) is 0.769. The first kappa shape index (κ1) is 24.3. The minimum Gasteiger partial charge on any atom is -0.389 e. The maximum Gasteiger partial charge on any atom is 0.416 e. The Kier molecular flexibility index (Phi) is 7.13. The average molecular weight is 483 g/mol. The van der Waals surface area contributed by atoms with Crippen LogP contribution in [0.5, 0.6) is 0 Å². The average Bonchev–Trinajstić information content (AvgIpc) is 2.78. The topological polar surface area (TPSA) is 45.2 Å². The van der Waals surface area contributed by atoms with Gasteiger partial charge in [-0.2, -0.15) is 13.2 Å². The van der Waals surface area contributed by atoms with Crippen LogP contribution >= 0.6 is 0 Å². The van der Waals surface area contributed by atoms with Gasteiger partial charge in [0.15, 0.2) is 0 Å². The molecule has 1 saturated heterocycles. The van der Waals surface area contributed by atoms with Gasteiger partial charge in [-0.1, -0.05) is 6.07 Å². The first-order valence-electron chi connectivity index (χ1n) is 12.8. The molecule has 8 heteroatoms. The predicted octanol–water partition coefficient (Wildman–Crippen LogP) is 4.19. The van der Waals surface area contributed by atoms with Crippen molar-refractivity contribution in [2.45, 2.75) is 56.4 Å². The molecule has 1 N–H and O–H groups in total. The summed E-state index contributed by atoms with van der Waals surface area (Å²) in [5, 5.41) is 10.4. The minimum absolute atomic E-state index is 0.0933. The van der Waals surface area contributed by atoms with Crippen molar-refractivity contribution in [1.29, 1.82) is 0 Å². The summed E-state index contributed by atoms with van der Waals surface area (Å²) in [5.74, 6) is 2.59. The van der Waals surface area contributed by atoms with Crippen LogP contribution in [-0.2, 0) is 15.7 Å². The van der Waals surface area contributed by atoms with Crippen molar-refractivity contribution in [2.75, 3.05) is 57.4 Å². The molecule has 4 aliphatic carbocycles. The normalized spacial score (nSPS) is 32.4. The van der Waals surface area contributed by atoms with E-state index in [0.717, 1.165) is 23.8 Å². The van der Waals surface area contributed by atoms with Crippen LogP contribution in [0.25, 0.3) is 0 Å². The lowest BCUT2D eigenvalue weighted by atomic mass is 9.54. The van der Waals surface area contributed by atoms with Crippen LogP contribution in [-0.4, -0.2) is 74.3 Å². The predicted molar refractivity (Wildman–Crippen MR) is 124 cm³/mol. The number of β-amino-alcohol motifs (C(OH)–C–C–N with tert-alkyl or cyclic N) is 1. The third-order valence-electron chi connectivity index (χ3n) is 8.31. The van der Waals surface area contributed by atoms with Crippen molar-refractivity contribution in [1.82, 2.24) is 4.90 Å². The second-order valence-electron chi connectivity index (χ2n) is 11.0. The van der Waals surface area contributed by atoms with Gasteiger partial charge in [0.2, 0.25) is 0 Å². The van der Waals surface area contributed by atoms with Gasteiger partial charge in [-0.25, -0.2) is 0 Å². The highest BCUT2D eigenvalue weighted by molar-refractivity contribution is 5.49. The first-order chi connectivity index (χ1) is 16.3. The third kappa shape index (κ3) is 5.72. The van der Waals surface area contributed by atoms with Gasteiger partial charge in [0.25, 0.3) is 0 Å². The van der Waals surface area contributed by atoms with Gasteiger partial charge in [0.1, 0.15) is 0 Å². The maximum atomic E-state index is 13.0. The van der Waals surface area contributed by atoms with Gasteiger partial charge in [0, 0.05) is 38.4 Å². The van der Waals surface area contributed by atoms with E-state index < -0.39 is 17.8 Å². The molecule has 0 amide bonds. The minimum atomic E-state index is -4.33. The highest BCUT2D eigenvalue weighted by Crippen LogP contribution is 2.57. The van der Waals surface area contributed by atoms with E-state index in [1.54, 1.807) is 6.07 Å². The Hall–Kier alpha value is -1.35. The van der Waals surface area contributed by atoms with Crippen LogP contribution in [0.2, 0.25) is 0 Å². The van der Waals surface area contributed by atoms with Gasteiger partial charge in [-0.3, -0.25) is 4.90 Å². The van der Waals surface area contributed by atoms with Gasteiger partial charge < -0.3 is 19.5 Å². The van der Waals surface area contributed by atoms with E-state index in [1.165, 1.54) is 50.7 Å². The molecule has 4 bridgehead atoms. The van der Waals surface area contributed by atoms with Crippen LogP contribution in [0, 0.1) is 17.8 Å². The van der Waals surface area contributed by atoms with E-state index >= 15 is 0 Å². The second-order valence-corrected chi connectivity index (χ2v) is 11.0. The summed E-state index contributed by atoms with van der Waals surface area (Å²) >= 11 is 0. The monoisotopic (exact) mass is 482 g/mol. The standard InChI is InChI=1S/C26H37F3N2O3/c27-26(28,29)22-2-1-3-23(13-22)31-6-4-30(5-7-31)17-24(32)18-33-8-9-34-25-14-19-10-20(15-25)12-21(11-19)16-25/h1-3,13,19-21,24,32H,4-12,14-18H2/t19?,20?,21?,24-,25?/m1/s1. The fourth-order valence-corrected chi connectivity index (χ4v) is 7.16. The highest BCUT2D eigenvalue weighted by Gasteiger charge is 2.51. The van der Waals surface area contributed by atoms with Gasteiger partial charge in [0.05, 0.1) is 37.1 Å². The summed E-state index contributed by atoms with van der Waals surface area (Å²) in [6, 6.07) is 5.49. The summed E-state index contributed by atoms with van der Waals surface area (Å²) in [6.45, 7) is 4.54. The van der Waals surface area contributed by atoms with E-state index in [1.807, 2.05) is 4.90 Å². The molecular weight excluding hydrogens is 445 g/mol. The van der Waals surface area contributed by atoms with Crippen molar-refractivity contribution >= 4 is 5.69 Å². The number of halogens is 3. The fourth-order valence-electron chi connectivity index (χ4n) is 7.16. The molecule has 5 aliphatic rings. The Morgan fingerprint density at radius 3 is 2.24 bits per heavy atom. The zero-order chi connectivity index (χ0) is 23.8. The smallest absolute Gasteiger partial charge is 0.389 e. The second kappa shape index (κ2) is 9.96. The number of hydrogen-bond acceptors (Lipinski definition) is 5. The first-order valence-corrected chi connectivity index (χ1v) is 12.8. The van der Waals surface area contributed by atoms with Crippen molar-refractivity contribution in [3.63, 3.8) is 0 Å². The van der Waals surface area contributed by atoms with Crippen molar-refractivity contribution < 1.29 is 27.8 Å². The number of ether oxygens (including phenoxy) is 2. The summed E-state index contributed by atoms with van der Waals surface area (Å²) in [7, 11) is 0. The Bertz CT molecular complexity index is 790. The SMILES string of the molecule is O[C@@H](COCCOC12CC3CC(CC(C3)C1)C2)CN1CCN(c2cccc(C(F)(F)F)c2)CC1. The Morgan fingerprint density at radius 2 is 1.62 bits per heavy atom. The Balaban J connectivity index is 0.980. The number of benzene rings is 1. The van der Waals surface area contributed by atoms with Crippen LogP contribution in [0.15, 0.2) is 24.3 Å². The van der Waals surface area contributed by atoms with Crippen LogP contribution in [0.4, 0.5) is 18.9 Å². The summed E-state index contributed by atoms with van der Waals surface area (Å²) in [6.07, 6.45) is 2.94. The number of nitrogens with zero attached hydrogens (tertiary/aromatic N) is 2.